The Morgan fingerprint density at radius 1 is 1.22 bits per heavy atom. The third kappa shape index (κ3) is 9.43. The lowest BCUT2D eigenvalue weighted by molar-refractivity contribution is -0.147. The third-order valence-corrected chi connectivity index (χ3v) is 4.33. The number of rotatable bonds is 9. The molecule has 0 saturated heterocycles. The van der Waals surface area contributed by atoms with Crippen molar-refractivity contribution >= 4 is 39.1 Å². The molecule has 12 nitrogen and oxygen atoms in total. The Morgan fingerprint density at radius 2 is 1.81 bits per heavy atom. The van der Waals surface area contributed by atoms with Crippen molar-refractivity contribution in [3.63, 3.8) is 0 Å². The van der Waals surface area contributed by atoms with Crippen LogP contribution in [0.15, 0.2) is 30.5 Å². The van der Waals surface area contributed by atoms with Gasteiger partial charge in [-0.1, -0.05) is 18.2 Å². The summed E-state index contributed by atoms with van der Waals surface area (Å²) in [4.78, 5) is 35.6. The van der Waals surface area contributed by atoms with E-state index in [2.05, 4.69) is 5.32 Å². The standard InChI is InChI=1S/C19H26N4O4.H2O4S/c1-3-27-19(26)15(22-18(25)14(20)8-9-17(21)24)10-12-11-23(2)16-7-5-4-6-13(12)16;1-5(2,3)4/h4-7,11,14-15H,3,8-10,20H2,1-2H3,(H2,21,24)(H,22,25);(H2,1,2,3,4). The number of primary amides is 1. The van der Waals surface area contributed by atoms with Gasteiger partial charge in [0.2, 0.25) is 11.8 Å². The molecular weight excluding hydrogens is 444 g/mol. The van der Waals surface area contributed by atoms with Crippen molar-refractivity contribution in [2.75, 3.05) is 6.61 Å². The number of amides is 2. The maximum absolute atomic E-state index is 12.4. The number of aryl methyl sites for hydroxylation is 1. The van der Waals surface area contributed by atoms with Crippen molar-refractivity contribution in [1.29, 1.82) is 0 Å². The minimum Gasteiger partial charge on any atom is -0.464 e. The highest BCUT2D eigenvalue weighted by molar-refractivity contribution is 7.79. The van der Waals surface area contributed by atoms with Crippen LogP contribution >= 0.6 is 0 Å². The number of ether oxygens (including phenoxy) is 1. The number of nitrogens with one attached hydrogen (secondary N) is 1. The van der Waals surface area contributed by atoms with Crippen LogP contribution in [0, 0.1) is 0 Å². The van der Waals surface area contributed by atoms with E-state index >= 15 is 0 Å². The highest BCUT2D eigenvalue weighted by atomic mass is 32.3. The molecule has 1 heterocycles. The molecule has 32 heavy (non-hydrogen) atoms. The lowest BCUT2D eigenvalue weighted by atomic mass is 10.0. The molecule has 13 heteroatoms. The Balaban J connectivity index is 0.000000920. The predicted octanol–water partition coefficient (Wildman–Crippen LogP) is -0.291. The summed E-state index contributed by atoms with van der Waals surface area (Å²) in [6.45, 7) is 1.90. The van der Waals surface area contributed by atoms with Crippen LogP contribution in [0.2, 0.25) is 0 Å². The molecule has 2 unspecified atom stereocenters. The first kappa shape index (κ1) is 27.0. The maximum Gasteiger partial charge on any atom is 0.394 e. The maximum atomic E-state index is 12.4. The van der Waals surface area contributed by atoms with Crippen molar-refractivity contribution in [2.45, 2.75) is 38.3 Å². The fourth-order valence-electron chi connectivity index (χ4n) is 2.95. The van der Waals surface area contributed by atoms with Gasteiger partial charge in [0.1, 0.15) is 6.04 Å². The van der Waals surface area contributed by atoms with Gasteiger partial charge >= 0.3 is 16.4 Å². The molecule has 1 aromatic heterocycles. The Hall–Kier alpha value is -3.00. The summed E-state index contributed by atoms with van der Waals surface area (Å²) in [7, 11) is -2.75. The monoisotopic (exact) mass is 472 g/mol. The van der Waals surface area contributed by atoms with E-state index in [0.717, 1.165) is 16.5 Å². The van der Waals surface area contributed by atoms with E-state index in [1.54, 1.807) is 6.92 Å². The third-order valence-electron chi connectivity index (χ3n) is 4.33. The minimum atomic E-state index is -4.67. The number of carbonyl (C=O) groups excluding carboxylic acids is 3. The summed E-state index contributed by atoms with van der Waals surface area (Å²) in [5.41, 5.74) is 12.8. The van der Waals surface area contributed by atoms with E-state index in [4.69, 9.17) is 33.7 Å². The molecular formula is C19H28N4O8S. The molecule has 0 aliphatic carbocycles. The highest BCUT2D eigenvalue weighted by Gasteiger charge is 2.26. The van der Waals surface area contributed by atoms with Gasteiger partial charge in [-0.05, 0) is 25.0 Å². The second-order valence-corrected chi connectivity index (χ2v) is 7.75. The van der Waals surface area contributed by atoms with Gasteiger partial charge in [-0.25, -0.2) is 4.79 Å². The van der Waals surface area contributed by atoms with Gasteiger partial charge < -0.3 is 26.1 Å². The van der Waals surface area contributed by atoms with Crippen molar-refractivity contribution in [3.05, 3.63) is 36.0 Å². The normalized spacial score (nSPS) is 12.9. The van der Waals surface area contributed by atoms with E-state index < -0.39 is 40.3 Å². The molecule has 7 N–H and O–H groups in total. The van der Waals surface area contributed by atoms with Crippen molar-refractivity contribution in [3.8, 4) is 0 Å². The first-order valence-corrected chi connectivity index (χ1v) is 11.0. The second-order valence-electron chi connectivity index (χ2n) is 6.86. The van der Waals surface area contributed by atoms with Crippen LogP contribution < -0.4 is 16.8 Å². The van der Waals surface area contributed by atoms with Crippen LogP contribution in [0.25, 0.3) is 10.9 Å². The fourth-order valence-corrected chi connectivity index (χ4v) is 2.95. The smallest absolute Gasteiger partial charge is 0.394 e. The van der Waals surface area contributed by atoms with E-state index in [-0.39, 0.29) is 25.9 Å². The number of carbonyl (C=O) groups is 3. The average Bonchev–Trinajstić information content (AvgIpc) is 3.00. The number of benzene rings is 1. The summed E-state index contributed by atoms with van der Waals surface area (Å²) in [5.74, 6) is -1.58. The summed E-state index contributed by atoms with van der Waals surface area (Å²) in [6, 6.07) is 6.01. The largest absolute Gasteiger partial charge is 0.464 e. The number of fused-ring (bicyclic) bond motifs is 1. The first-order valence-electron chi connectivity index (χ1n) is 9.57. The van der Waals surface area contributed by atoms with Gasteiger partial charge in [-0.2, -0.15) is 8.42 Å². The number of para-hydroxylation sites is 1. The van der Waals surface area contributed by atoms with E-state index in [9.17, 15) is 14.4 Å². The number of hydrogen-bond donors (Lipinski definition) is 5. The van der Waals surface area contributed by atoms with E-state index in [0.29, 0.717) is 0 Å². The van der Waals surface area contributed by atoms with Crippen LogP contribution in [-0.4, -0.2) is 58.6 Å². The Kier molecular flexibility index (Phi) is 10.3. The zero-order chi connectivity index (χ0) is 24.5. The summed E-state index contributed by atoms with van der Waals surface area (Å²) >= 11 is 0. The van der Waals surface area contributed by atoms with Gasteiger partial charge in [0.15, 0.2) is 0 Å². The number of nitrogens with zero attached hydrogens (tertiary/aromatic N) is 1. The molecule has 2 atom stereocenters. The zero-order valence-corrected chi connectivity index (χ0v) is 18.5. The minimum absolute atomic E-state index is 0.00197. The molecule has 178 valence electrons. The Bertz CT molecular complexity index is 1040. The van der Waals surface area contributed by atoms with Crippen molar-refractivity contribution < 1.29 is 36.6 Å². The number of nitrogens with two attached hydrogens (primary N) is 2. The molecule has 0 saturated carbocycles. The number of esters is 1. The van der Waals surface area contributed by atoms with Crippen LogP contribution in [0.5, 0.6) is 0 Å². The molecule has 0 aliphatic rings. The fraction of sp³-hybridized carbons (Fsp3) is 0.421. The van der Waals surface area contributed by atoms with E-state index in [1.165, 1.54) is 0 Å². The van der Waals surface area contributed by atoms with Crippen LogP contribution in [0.4, 0.5) is 0 Å². The average molecular weight is 473 g/mol. The quantitative estimate of drug-likeness (QED) is 0.240. The van der Waals surface area contributed by atoms with Crippen LogP contribution in [0.1, 0.15) is 25.3 Å². The topological polar surface area (TPSA) is 204 Å². The molecule has 0 spiro atoms. The number of aromatic nitrogens is 1. The van der Waals surface area contributed by atoms with Gasteiger partial charge in [0.25, 0.3) is 0 Å². The van der Waals surface area contributed by atoms with Gasteiger partial charge in [-0.15, -0.1) is 0 Å². The Morgan fingerprint density at radius 3 is 2.38 bits per heavy atom. The zero-order valence-electron chi connectivity index (χ0n) is 17.7. The van der Waals surface area contributed by atoms with Crippen molar-refractivity contribution in [1.82, 2.24) is 9.88 Å². The van der Waals surface area contributed by atoms with Crippen LogP contribution in [0.3, 0.4) is 0 Å². The Labute approximate surface area is 185 Å². The molecule has 0 bridgehead atoms. The van der Waals surface area contributed by atoms with Crippen molar-refractivity contribution in [2.24, 2.45) is 18.5 Å². The highest BCUT2D eigenvalue weighted by Crippen LogP contribution is 2.22. The second kappa shape index (κ2) is 12.1. The summed E-state index contributed by atoms with van der Waals surface area (Å²) < 4.78 is 38.6. The molecule has 2 aromatic rings. The van der Waals surface area contributed by atoms with Gasteiger partial charge in [-0.3, -0.25) is 18.7 Å². The molecule has 0 radical (unpaired) electrons. The summed E-state index contributed by atoms with van der Waals surface area (Å²) in [5, 5.41) is 3.65. The van der Waals surface area contributed by atoms with E-state index in [1.807, 2.05) is 42.1 Å². The lowest BCUT2D eigenvalue weighted by Gasteiger charge is -2.19. The summed E-state index contributed by atoms with van der Waals surface area (Å²) in [6.07, 6.45) is 2.32. The van der Waals surface area contributed by atoms with Crippen LogP contribution in [-0.2, 0) is 43.0 Å². The molecule has 0 fully saturated rings. The molecule has 0 aliphatic heterocycles. The SMILES string of the molecule is CCOC(=O)C(Cc1cn(C)c2ccccc12)NC(=O)C(N)CCC(N)=O.O=S(=O)(O)O. The number of hydrogen-bond acceptors (Lipinski definition) is 7. The van der Waals surface area contributed by atoms with Gasteiger partial charge in [0, 0.05) is 37.0 Å². The molecule has 1 aromatic carbocycles. The molecule has 2 rings (SSSR count). The first-order chi connectivity index (χ1) is 14.8. The lowest BCUT2D eigenvalue weighted by Crippen LogP contribution is -2.50. The predicted molar refractivity (Wildman–Crippen MR) is 116 cm³/mol. The molecule has 2 amide bonds. The van der Waals surface area contributed by atoms with Gasteiger partial charge in [0.05, 0.1) is 12.6 Å².